The second-order valence-electron chi connectivity index (χ2n) is 5.83. The maximum absolute atomic E-state index is 9.86. The van der Waals surface area contributed by atoms with Crippen LogP contribution in [-0.2, 0) is 0 Å². The van der Waals surface area contributed by atoms with Gasteiger partial charge in [-0.3, -0.25) is 0 Å². The molecular weight excluding hydrogens is 242 g/mol. The Balaban J connectivity index is 2.14. The van der Waals surface area contributed by atoms with Crippen LogP contribution < -0.4 is 5.32 Å². The molecule has 0 radical (unpaired) electrons. The van der Waals surface area contributed by atoms with Crippen molar-refractivity contribution in [2.45, 2.75) is 76.5 Å². The van der Waals surface area contributed by atoms with Crippen LogP contribution in [0.5, 0.6) is 0 Å². The van der Waals surface area contributed by atoms with E-state index in [9.17, 15) is 15.3 Å². The van der Waals surface area contributed by atoms with E-state index in [0.717, 1.165) is 12.8 Å². The average molecular weight is 273 g/mol. The van der Waals surface area contributed by atoms with E-state index >= 15 is 0 Å². The fourth-order valence-electron chi connectivity index (χ4n) is 2.94. The number of hydrogen-bond acceptors (Lipinski definition) is 4. The van der Waals surface area contributed by atoms with E-state index < -0.39 is 12.2 Å². The monoisotopic (exact) mass is 273 g/mol. The predicted octanol–water partition coefficient (Wildman–Crippen LogP) is 1.43. The number of piperidine rings is 1. The molecule has 4 heteroatoms. The summed E-state index contributed by atoms with van der Waals surface area (Å²) in [5.74, 6) is -0.233. The van der Waals surface area contributed by atoms with E-state index in [2.05, 4.69) is 12.2 Å². The maximum Gasteiger partial charge on any atom is 0.0927 e. The largest absolute Gasteiger partial charge is 0.396 e. The number of rotatable bonds is 9. The maximum atomic E-state index is 9.86. The topological polar surface area (TPSA) is 72.7 Å². The van der Waals surface area contributed by atoms with Gasteiger partial charge in [0.05, 0.1) is 12.2 Å². The van der Waals surface area contributed by atoms with Gasteiger partial charge in [-0.2, -0.15) is 0 Å². The Morgan fingerprint density at radius 2 is 1.63 bits per heavy atom. The predicted molar refractivity (Wildman–Crippen MR) is 77.0 cm³/mol. The zero-order valence-corrected chi connectivity index (χ0v) is 12.2. The molecule has 0 aliphatic carbocycles. The van der Waals surface area contributed by atoms with Crippen molar-refractivity contribution >= 4 is 0 Å². The lowest BCUT2D eigenvalue weighted by atomic mass is 9.84. The lowest BCUT2D eigenvalue weighted by molar-refractivity contribution is -0.0679. The Kier molecular flexibility index (Phi) is 8.62. The summed E-state index contributed by atoms with van der Waals surface area (Å²) in [7, 11) is 0. The quantitative estimate of drug-likeness (QED) is 0.480. The Labute approximate surface area is 117 Å². The van der Waals surface area contributed by atoms with Gasteiger partial charge >= 0.3 is 0 Å². The first kappa shape index (κ1) is 16.9. The van der Waals surface area contributed by atoms with E-state index in [4.69, 9.17) is 0 Å². The molecule has 1 fully saturated rings. The van der Waals surface area contributed by atoms with E-state index in [0.29, 0.717) is 6.54 Å². The molecule has 4 nitrogen and oxygen atoms in total. The molecule has 0 spiro atoms. The molecule has 0 aromatic carbocycles. The van der Waals surface area contributed by atoms with E-state index in [1.807, 2.05) is 0 Å². The van der Waals surface area contributed by atoms with Gasteiger partial charge in [0.1, 0.15) is 0 Å². The summed E-state index contributed by atoms with van der Waals surface area (Å²) in [5, 5.41) is 32.0. The highest BCUT2D eigenvalue weighted by atomic mass is 16.3. The van der Waals surface area contributed by atoms with E-state index in [-0.39, 0.29) is 18.6 Å². The van der Waals surface area contributed by atoms with Gasteiger partial charge in [-0.15, -0.1) is 0 Å². The summed E-state index contributed by atoms with van der Waals surface area (Å²) < 4.78 is 0. The molecule has 19 heavy (non-hydrogen) atoms. The SMILES string of the molecule is CCCCCCCCCC1NCC(O)C(O)C1CO. The molecule has 1 rings (SSSR count). The van der Waals surface area contributed by atoms with Crippen molar-refractivity contribution in [3.05, 3.63) is 0 Å². The van der Waals surface area contributed by atoms with Crippen molar-refractivity contribution in [2.24, 2.45) is 5.92 Å². The minimum Gasteiger partial charge on any atom is -0.396 e. The van der Waals surface area contributed by atoms with Crippen LogP contribution in [0.4, 0.5) is 0 Å². The van der Waals surface area contributed by atoms with Crippen LogP contribution in [0.1, 0.15) is 58.3 Å². The molecule has 0 saturated carbocycles. The molecule has 0 aromatic heterocycles. The van der Waals surface area contributed by atoms with Gasteiger partial charge in [-0.25, -0.2) is 0 Å². The van der Waals surface area contributed by atoms with Gasteiger partial charge in [0.15, 0.2) is 0 Å². The number of nitrogens with one attached hydrogen (secondary N) is 1. The highest BCUT2D eigenvalue weighted by Crippen LogP contribution is 2.22. The summed E-state index contributed by atoms with van der Waals surface area (Å²) in [6, 6.07) is 0.138. The molecule has 114 valence electrons. The number of aliphatic hydroxyl groups excluding tert-OH is 3. The first-order valence-electron chi connectivity index (χ1n) is 7.91. The Bertz CT molecular complexity index is 225. The highest BCUT2D eigenvalue weighted by molar-refractivity contribution is 4.91. The van der Waals surface area contributed by atoms with Crippen LogP contribution in [0.3, 0.4) is 0 Å². The smallest absolute Gasteiger partial charge is 0.0927 e. The third-order valence-electron chi connectivity index (χ3n) is 4.27. The van der Waals surface area contributed by atoms with Crippen LogP contribution >= 0.6 is 0 Å². The molecule has 4 atom stereocenters. The summed E-state index contributed by atoms with van der Waals surface area (Å²) in [6.45, 7) is 2.59. The Morgan fingerprint density at radius 1 is 1.00 bits per heavy atom. The summed E-state index contributed by atoms with van der Waals surface area (Å²) in [5.41, 5.74) is 0. The van der Waals surface area contributed by atoms with Crippen molar-refractivity contribution in [2.75, 3.05) is 13.2 Å². The van der Waals surface area contributed by atoms with E-state index in [1.54, 1.807) is 0 Å². The fraction of sp³-hybridized carbons (Fsp3) is 1.00. The van der Waals surface area contributed by atoms with Crippen LogP contribution in [-0.4, -0.2) is 46.7 Å². The average Bonchev–Trinajstić information content (AvgIpc) is 2.42. The number of hydrogen-bond donors (Lipinski definition) is 4. The minimum atomic E-state index is -0.791. The Hall–Kier alpha value is -0.160. The van der Waals surface area contributed by atoms with Gasteiger partial charge < -0.3 is 20.6 Å². The molecule has 0 amide bonds. The molecule has 1 aliphatic rings. The number of aliphatic hydroxyl groups is 3. The van der Waals surface area contributed by atoms with E-state index in [1.165, 1.54) is 38.5 Å². The van der Waals surface area contributed by atoms with Gasteiger partial charge in [-0.1, -0.05) is 51.9 Å². The second-order valence-corrected chi connectivity index (χ2v) is 5.83. The van der Waals surface area contributed by atoms with Crippen molar-refractivity contribution in [3.63, 3.8) is 0 Å². The summed E-state index contributed by atoms with van der Waals surface area (Å²) in [4.78, 5) is 0. The first-order chi connectivity index (χ1) is 9.20. The lowest BCUT2D eigenvalue weighted by Crippen LogP contribution is -2.57. The van der Waals surface area contributed by atoms with Crippen LogP contribution in [0.15, 0.2) is 0 Å². The molecule has 0 bridgehead atoms. The molecule has 4 unspecified atom stereocenters. The Morgan fingerprint density at radius 3 is 2.26 bits per heavy atom. The second kappa shape index (κ2) is 9.70. The summed E-state index contributed by atoms with van der Waals surface area (Å²) in [6.07, 6.45) is 8.33. The van der Waals surface area contributed by atoms with Gasteiger partial charge in [0.25, 0.3) is 0 Å². The molecule has 1 saturated heterocycles. The van der Waals surface area contributed by atoms with Crippen LogP contribution in [0.2, 0.25) is 0 Å². The van der Waals surface area contributed by atoms with Gasteiger partial charge in [-0.05, 0) is 6.42 Å². The highest BCUT2D eigenvalue weighted by Gasteiger charge is 2.36. The normalized spacial score (nSPS) is 31.6. The number of β-amino-alcohol motifs (C(OH)–C–C–N with tert-alkyl or cyclic N) is 1. The molecule has 1 heterocycles. The molecule has 0 aromatic rings. The lowest BCUT2D eigenvalue weighted by Gasteiger charge is -2.38. The van der Waals surface area contributed by atoms with Gasteiger partial charge in [0.2, 0.25) is 0 Å². The standard InChI is InChI=1S/C15H31NO3/c1-2-3-4-5-6-7-8-9-13-12(11-17)15(19)14(18)10-16-13/h12-19H,2-11H2,1H3. The number of unbranched alkanes of at least 4 members (excludes halogenated alkanes) is 6. The minimum absolute atomic E-state index is 0.0631. The first-order valence-corrected chi connectivity index (χ1v) is 7.91. The zero-order chi connectivity index (χ0) is 14.1. The van der Waals surface area contributed by atoms with Crippen molar-refractivity contribution in [3.8, 4) is 0 Å². The third kappa shape index (κ3) is 5.78. The van der Waals surface area contributed by atoms with Crippen LogP contribution in [0, 0.1) is 5.92 Å². The van der Waals surface area contributed by atoms with Gasteiger partial charge in [0, 0.05) is 25.1 Å². The van der Waals surface area contributed by atoms with Crippen LogP contribution in [0.25, 0.3) is 0 Å². The van der Waals surface area contributed by atoms with Crippen molar-refractivity contribution in [1.82, 2.24) is 5.32 Å². The molecule has 1 aliphatic heterocycles. The third-order valence-corrected chi connectivity index (χ3v) is 4.27. The zero-order valence-electron chi connectivity index (χ0n) is 12.2. The summed E-state index contributed by atoms with van der Waals surface area (Å²) >= 11 is 0. The fourth-order valence-corrected chi connectivity index (χ4v) is 2.94. The van der Waals surface area contributed by atoms with Crippen molar-refractivity contribution < 1.29 is 15.3 Å². The molecule has 4 N–H and O–H groups in total. The van der Waals surface area contributed by atoms with Crippen molar-refractivity contribution in [1.29, 1.82) is 0 Å². The molecular formula is C15H31NO3.